The normalized spacial score (nSPS) is 11.6. The van der Waals surface area contributed by atoms with E-state index in [1.165, 1.54) is 17.3 Å². The summed E-state index contributed by atoms with van der Waals surface area (Å²) < 4.78 is 8.53. The summed E-state index contributed by atoms with van der Waals surface area (Å²) >= 11 is 1.26. The van der Waals surface area contributed by atoms with Crippen LogP contribution in [-0.2, 0) is 19.5 Å². The summed E-state index contributed by atoms with van der Waals surface area (Å²) in [6, 6.07) is 6.27. The summed E-state index contributed by atoms with van der Waals surface area (Å²) in [6.45, 7) is 5.92. The van der Waals surface area contributed by atoms with Crippen molar-refractivity contribution in [2.24, 2.45) is 0 Å². The van der Waals surface area contributed by atoms with Crippen LogP contribution in [0, 0.1) is 6.92 Å². The molecule has 6 heteroatoms. The van der Waals surface area contributed by atoms with Gasteiger partial charge in [-0.05, 0) is 31.7 Å². The number of hydrogen-bond acceptors (Lipinski definition) is 5. The standard InChI is InChI=1S/C15H19N5S/c1-4-15-16-10(2)14(17-15)9-20(3)8-11-5-6-12-13(7-11)19-21-18-12/h5-7H,4,8-9H2,1-3H3,(H,16,17). The van der Waals surface area contributed by atoms with Gasteiger partial charge in [0.05, 0.1) is 17.4 Å². The number of benzene rings is 1. The zero-order chi connectivity index (χ0) is 14.8. The molecular weight excluding hydrogens is 282 g/mol. The fraction of sp³-hybridized carbons (Fsp3) is 0.400. The van der Waals surface area contributed by atoms with E-state index in [0.29, 0.717) is 0 Å². The maximum absolute atomic E-state index is 4.63. The maximum atomic E-state index is 4.63. The molecule has 0 bridgehead atoms. The summed E-state index contributed by atoms with van der Waals surface area (Å²) in [5.74, 6) is 1.06. The van der Waals surface area contributed by atoms with Crippen LogP contribution >= 0.6 is 11.7 Å². The Balaban J connectivity index is 1.70. The molecule has 2 heterocycles. The van der Waals surface area contributed by atoms with Gasteiger partial charge in [-0.25, -0.2) is 4.98 Å². The van der Waals surface area contributed by atoms with E-state index >= 15 is 0 Å². The van der Waals surface area contributed by atoms with Gasteiger partial charge in [-0.15, -0.1) is 0 Å². The molecule has 0 spiro atoms. The topological polar surface area (TPSA) is 57.7 Å². The van der Waals surface area contributed by atoms with Gasteiger partial charge in [-0.2, -0.15) is 8.75 Å². The van der Waals surface area contributed by atoms with Crippen LogP contribution < -0.4 is 0 Å². The average molecular weight is 301 g/mol. The van der Waals surface area contributed by atoms with Gasteiger partial charge in [0.1, 0.15) is 16.9 Å². The van der Waals surface area contributed by atoms with Crippen LogP contribution in [0.1, 0.15) is 29.7 Å². The van der Waals surface area contributed by atoms with Gasteiger partial charge < -0.3 is 4.98 Å². The molecule has 0 aliphatic heterocycles. The van der Waals surface area contributed by atoms with Crippen molar-refractivity contribution in [3.8, 4) is 0 Å². The molecule has 0 aliphatic rings. The number of aromatic amines is 1. The number of nitrogens with one attached hydrogen (secondary N) is 1. The van der Waals surface area contributed by atoms with Gasteiger partial charge in [-0.3, -0.25) is 4.90 Å². The summed E-state index contributed by atoms with van der Waals surface area (Å²) in [5, 5.41) is 0. The molecule has 110 valence electrons. The van der Waals surface area contributed by atoms with E-state index in [9.17, 15) is 0 Å². The molecule has 0 saturated carbocycles. The predicted molar refractivity (Wildman–Crippen MR) is 85.3 cm³/mol. The van der Waals surface area contributed by atoms with Crippen LogP contribution in [0.3, 0.4) is 0 Å². The monoisotopic (exact) mass is 301 g/mol. The molecule has 3 aromatic rings. The van der Waals surface area contributed by atoms with Gasteiger partial charge in [0.15, 0.2) is 0 Å². The first-order valence-electron chi connectivity index (χ1n) is 7.10. The Morgan fingerprint density at radius 2 is 2.00 bits per heavy atom. The average Bonchev–Trinajstić information content (AvgIpc) is 3.05. The molecule has 0 atom stereocenters. The fourth-order valence-electron chi connectivity index (χ4n) is 2.43. The van der Waals surface area contributed by atoms with E-state index < -0.39 is 0 Å². The summed E-state index contributed by atoms with van der Waals surface area (Å²) in [4.78, 5) is 10.2. The van der Waals surface area contributed by atoms with Gasteiger partial charge in [-0.1, -0.05) is 13.0 Å². The molecule has 0 amide bonds. The zero-order valence-electron chi connectivity index (χ0n) is 12.6. The SMILES string of the molecule is CCc1nc(CN(C)Cc2ccc3nsnc3c2)c(C)[nH]1. The molecule has 21 heavy (non-hydrogen) atoms. The van der Waals surface area contributed by atoms with Gasteiger partial charge >= 0.3 is 0 Å². The third kappa shape index (κ3) is 3.11. The lowest BCUT2D eigenvalue weighted by atomic mass is 10.2. The molecule has 0 aliphatic carbocycles. The second-order valence-electron chi connectivity index (χ2n) is 5.37. The lowest BCUT2D eigenvalue weighted by molar-refractivity contribution is 0.315. The van der Waals surface area contributed by atoms with Crippen LogP contribution in [-0.4, -0.2) is 30.7 Å². The molecule has 0 fully saturated rings. The van der Waals surface area contributed by atoms with Gasteiger partial charge in [0.2, 0.25) is 0 Å². The number of imidazole rings is 1. The second kappa shape index (κ2) is 5.91. The maximum Gasteiger partial charge on any atom is 0.106 e. The van der Waals surface area contributed by atoms with Gasteiger partial charge in [0, 0.05) is 25.2 Å². The van der Waals surface area contributed by atoms with Crippen molar-refractivity contribution in [2.45, 2.75) is 33.4 Å². The molecule has 0 radical (unpaired) electrons. The first-order valence-corrected chi connectivity index (χ1v) is 7.83. The Bertz CT molecular complexity index is 745. The molecule has 3 rings (SSSR count). The van der Waals surface area contributed by atoms with E-state index in [0.717, 1.165) is 47.8 Å². The van der Waals surface area contributed by atoms with E-state index in [2.05, 4.69) is 56.6 Å². The number of H-pyrrole nitrogens is 1. The molecule has 1 aromatic carbocycles. The fourth-order valence-corrected chi connectivity index (χ4v) is 2.95. The van der Waals surface area contributed by atoms with Crippen LogP contribution in [0.4, 0.5) is 0 Å². The van der Waals surface area contributed by atoms with Crippen LogP contribution in [0.2, 0.25) is 0 Å². The molecule has 0 unspecified atom stereocenters. The summed E-state index contributed by atoms with van der Waals surface area (Å²) in [7, 11) is 2.11. The Labute approximate surface area is 128 Å². The zero-order valence-corrected chi connectivity index (χ0v) is 13.4. The molecular formula is C15H19N5S. The quantitative estimate of drug-likeness (QED) is 0.787. The van der Waals surface area contributed by atoms with Crippen LogP contribution in [0.15, 0.2) is 18.2 Å². The highest BCUT2D eigenvalue weighted by Gasteiger charge is 2.09. The summed E-state index contributed by atoms with van der Waals surface area (Å²) in [5.41, 5.74) is 5.50. The van der Waals surface area contributed by atoms with E-state index in [1.54, 1.807) is 0 Å². The van der Waals surface area contributed by atoms with E-state index in [1.807, 2.05) is 6.07 Å². The van der Waals surface area contributed by atoms with E-state index in [-0.39, 0.29) is 0 Å². The Morgan fingerprint density at radius 3 is 2.76 bits per heavy atom. The first-order chi connectivity index (χ1) is 10.2. The smallest absolute Gasteiger partial charge is 0.106 e. The predicted octanol–water partition coefficient (Wildman–Crippen LogP) is 2.92. The Morgan fingerprint density at radius 1 is 1.19 bits per heavy atom. The minimum atomic E-state index is 0.843. The van der Waals surface area contributed by atoms with Crippen molar-refractivity contribution >= 4 is 22.8 Å². The van der Waals surface area contributed by atoms with Crippen LogP contribution in [0.25, 0.3) is 11.0 Å². The van der Waals surface area contributed by atoms with Crippen molar-refractivity contribution in [1.29, 1.82) is 0 Å². The van der Waals surface area contributed by atoms with Crippen molar-refractivity contribution < 1.29 is 0 Å². The number of aryl methyl sites for hydroxylation is 2. The minimum absolute atomic E-state index is 0.843. The van der Waals surface area contributed by atoms with Crippen molar-refractivity contribution in [3.63, 3.8) is 0 Å². The highest BCUT2D eigenvalue weighted by atomic mass is 32.1. The highest BCUT2D eigenvalue weighted by Crippen LogP contribution is 2.16. The lowest BCUT2D eigenvalue weighted by Gasteiger charge is -2.15. The first kappa shape index (κ1) is 14.2. The van der Waals surface area contributed by atoms with Crippen molar-refractivity contribution in [1.82, 2.24) is 23.6 Å². The Kier molecular flexibility index (Phi) is 3.98. The Hall–Kier alpha value is -1.79. The van der Waals surface area contributed by atoms with Crippen LogP contribution in [0.5, 0.6) is 0 Å². The third-order valence-corrected chi connectivity index (χ3v) is 4.12. The second-order valence-corrected chi connectivity index (χ2v) is 5.90. The van der Waals surface area contributed by atoms with Gasteiger partial charge in [0.25, 0.3) is 0 Å². The number of rotatable bonds is 5. The van der Waals surface area contributed by atoms with E-state index in [4.69, 9.17) is 0 Å². The number of aromatic nitrogens is 4. The molecule has 2 aromatic heterocycles. The number of hydrogen-bond donors (Lipinski definition) is 1. The summed E-state index contributed by atoms with van der Waals surface area (Å²) in [6.07, 6.45) is 0.943. The molecule has 1 N–H and O–H groups in total. The highest BCUT2D eigenvalue weighted by molar-refractivity contribution is 7.00. The lowest BCUT2D eigenvalue weighted by Crippen LogP contribution is -2.18. The number of fused-ring (bicyclic) bond motifs is 1. The largest absolute Gasteiger partial charge is 0.346 e. The molecule has 0 saturated heterocycles. The minimum Gasteiger partial charge on any atom is -0.346 e. The number of nitrogens with zero attached hydrogens (tertiary/aromatic N) is 4. The molecule has 5 nitrogen and oxygen atoms in total. The third-order valence-electron chi connectivity index (χ3n) is 3.56. The van der Waals surface area contributed by atoms with Crippen molar-refractivity contribution in [2.75, 3.05) is 7.05 Å². The van der Waals surface area contributed by atoms with Crippen molar-refractivity contribution in [3.05, 3.63) is 41.0 Å².